The molecule has 2 aromatic carbocycles. The standard InChI is InChI=1S/C23H21N5O2/c1-14-6-5-7-18(10-14)13-25-26-22(29)21-17(4)20(12-24)23(30)28(27-21)19-9-8-15(2)16(3)11-19/h5-11,13H,1-4H3,(H,26,29)/b25-13+. The molecular formula is C23H21N5O2. The Morgan fingerprint density at radius 2 is 1.90 bits per heavy atom. The first-order valence-electron chi connectivity index (χ1n) is 9.33. The van der Waals surface area contributed by atoms with Gasteiger partial charge in [0.15, 0.2) is 5.69 Å². The van der Waals surface area contributed by atoms with E-state index in [0.717, 1.165) is 26.9 Å². The molecule has 1 amide bonds. The van der Waals surface area contributed by atoms with Crippen molar-refractivity contribution < 1.29 is 4.79 Å². The molecule has 1 aromatic heterocycles. The Labute approximate surface area is 174 Å². The van der Waals surface area contributed by atoms with E-state index in [1.165, 1.54) is 13.1 Å². The number of hydrazone groups is 1. The zero-order valence-corrected chi connectivity index (χ0v) is 17.2. The smallest absolute Gasteiger partial charge is 0.266 e. The summed E-state index contributed by atoms with van der Waals surface area (Å²) >= 11 is 0. The number of carbonyl (C=O) groups excluding carboxylic acids is 1. The van der Waals surface area contributed by atoms with E-state index in [-0.39, 0.29) is 16.8 Å². The number of rotatable bonds is 4. The van der Waals surface area contributed by atoms with E-state index in [1.807, 2.05) is 57.2 Å². The lowest BCUT2D eigenvalue weighted by Crippen LogP contribution is -2.31. The van der Waals surface area contributed by atoms with Crippen molar-refractivity contribution >= 4 is 12.1 Å². The molecule has 0 aliphatic rings. The quantitative estimate of drug-likeness (QED) is 0.538. The second-order valence-corrected chi connectivity index (χ2v) is 7.06. The molecule has 0 aliphatic carbocycles. The van der Waals surface area contributed by atoms with Gasteiger partial charge in [-0.15, -0.1) is 0 Å². The van der Waals surface area contributed by atoms with Crippen LogP contribution in [0.3, 0.4) is 0 Å². The highest BCUT2D eigenvalue weighted by Crippen LogP contribution is 2.14. The summed E-state index contributed by atoms with van der Waals surface area (Å²) in [6.45, 7) is 7.35. The van der Waals surface area contributed by atoms with Crippen LogP contribution >= 0.6 is 0 Å². The summed E-state index contributed by atoms with van der Waals surface area (Å²) in [4.78, 5) is 25.4. The van der Waals surface area contributed by atoms with Crippen molar-refractivity contribution in [3.63, 3.8) is 0 Å². The van der Waals surface area contributed by atoms with E-state index < -0.39 is 11.5 Å². The minimum Gasteiger partial charge on any atom is -0.266 e. The second kappa shape index (κ2) is 8.53. The van der Waals surface area contributed by atoms with Gasteiger partial charge in [-0.1, -0.05) is 35.9 Å². The van der Waals surface area contributed by atoms with Gasteiger partial charge in [-0.05, 0) is 56.5 Å². The molecule has 0 saturated heterocycles. The molecule has 0 unspecified atom stereocenters. The molecule has 0 aliphatic heterocycles. The van der Waals surface area contributed by atoms with Crippen LogP contribution in [-0.2, 0) is 0 Å². The van der Waals surface area contributed by atoms with Crippen molar-refractivity contribution in [2.24, 2.45) is 5.10 Å². The molecule has 0 atom stereocenters. The number of nitriles is 1. The monoisotopic (exact) mass is 399 g/mol. The molecule has 7 heteroatoms. The minimum atomic E-state index is -0.606. The highest BCUT2D eigenvalue weighted by molar-refractivity contribution is 5.94. The van der Waals surface area contributed by atoms with E-state index in [0.29, 0.717) is 5.69 Å². The Morgan fingerprint density at radius 1 is 1.13 bits per heavy atom. The van der Waals surface area contributed by atoms with Crippen LogP contribution < -0.4 is 11.0 Å². The lowest BCUT2D eigenvalue weighted by Gasteiger charge is -2.11. The molecule has 3 aromatic rings. The molecule has 1 heterocycles. The number of hydrogen-bond donors (Lipinski definition) is 1. The fourth-order valence-electron chi connectivity index (χ4n) is 2.95. The molecule has 0 fully saturated rings. The lowest BCUT2D eigenvalue weighted by atomic mass is 10.1. The first-order chi connectivity index (χ1) is 14.3. The summed E-state index contributed by atoms with van der Waals surface area (Å²) in [5.41, 5.74) is 6.31. The normalized spacial score (nSPS) is 10.8. The molecule has 0 bridgehead atoms. The Morgan fingerprint density at radius 3 is 2.57 bits per heavy atom. The number of nitrogens with zero attached hydrogens (tertiary/aromatic N) is 4. The predicted molar refractivity (Wildman–Crippen MR) is 115 cm³/mol. The maximum Gasteiger partial charge on any atom is 0.292 e. The maximum absolute atomic E-state index is 12.7. The Kier molecular flexibility index (Phi) is 5.88. The number of aryl methyl sites for hydroxylation is 3. The van der Waals surface area contributed by atoms with Gasteiger partial charge in [0.1, 0.15) is 11.6 Å². The Bertz CT molecular complexity index is 1270. The van der Waals surface area contributed by atoms with Crippen LogP contribution in [0.1, 0.15) is 43.9 Å². The van der Waals surface area contributed by atoms with Crippen LogP contribution in [0.2, 0.25) is 0 Å². The largest absolute Gasteiger partial charge is 0.292 e. The van der Waals surface area contributed by atoms with Crippen LogP contribution in [0.5, 0.6) is 0 Å². The SMILES string of the molecule is Cc1cccc(/C=N/NC(=O)c2nn(-c3ccc(C)c(C)c3)c(=O)c(C#N)c2C)c1. The highest BCUT2D eigenvalue weighted by Gasteiger charge is 2.20. The van der Waals surface area contributed by atoms with Crippen LogP contribution in [-0.4, -0.2) is 21.9 Å². The van der Waals surface area contributed by atoms with Crippen molar-refractivity contribution in [1.82, 2.24) is 15.2 Å². The summed E-state index contributed by atoms with van der Waals surface area (Å²) in [5.74, 6) is -0.606. The third-order valence-corrected chi connectivity index (χ3v) is 4.82. The van der Waals surface area contributed by atoms with Crippen molar-refractivity contribution in [1.29, 1.82) is 5.26 Å². The topological polar surface area (TPSA) is 100 Å². The van der Waals surface area contributed by atoms with Gasteiger partial charge in [-0.25, -0.2) is 5.43 Å². The number of carbonyl (C=O) groups is 1. The Hall–Kier alpha value is -4.05. The van der Waals surface area contributed by atoms with Gasteiger partial charge in [0, 0.05) is 5.56 Å². The van der Waals surface area contributed by atoms with E-state index in [1.54, 1.807) is 12.1 Å². The van der Waals surface area contributed by atoms with Crippen molar-refractivity contribution in [3.8, 4) is 11.8 Å². The van der Waals surface area contributed by atoms with E-state index in [2.05, 4.69) is 15.6 Å². The van der Waals surface area contributed by atoms with Crippen LogP contribution in [0.25, 0.3) is 5.69 Å². The van der Waals surface area contributed by atoms with Gasteiger partial charge < -0.3 is 0 Å². The third kappa shape index (κ3) is 4.18. The summed E-state index contributed by atoms with van der Waals surface area (Å²) in [7, 11) is 0. The summed E-state index contributed by atoms with van der Waals surface area (Å²) in [6, 6.07) is 14.9. The van der Waals surface area contributed by atoms with Crippen LogP contribution in [0.15, 0.2) is 52.4 Å². The van der Waals surface area contributed by atoms with E-state index >= 15 is 0 Å². The van der Waals surface area contributed by atoms with Gasteiger partial charge in [0.25, 0.3) is 11.5 Å². The molecule has 30 heavy (non-hydrogen) atoms. The highest BCUT2D eigenvalue weighted by atomic mass is 16.2. The molecule has 3 rings (SSSR count). The zero-order chi connectivity index (χ0) is 21.8. The van der Waals surface area contributed by atoms with Crippen LogP contribution in [0.4, 0.5) is 0 Å². The van der Waals surface area contributed by atoms with Gasteiger partial charge >= 0.3 is 0 Å². The summed E-state index contributed by atoms with van der Waals surface area (Å²) in [6.07, 6.45) is 1.52. The predicted octanol–water partition coefficient (Wildman–Crippen LogP) is 3.10. The fourth-order valence-corrected chi connectivity index (χ4v) is 2.95. The number of amides is 1. The molecule has 150 valence electrons. The number of nitrogens with one attached hydrogen (secondary N) is 1. The van der Waals surface area contributed by atoms with Gasteiger partial charge in [-0.2, -0.15) is 20.1 Å². The second-order valence-electron chi connectivity index (χ2n) is 7.06. The Balaban J connectivity index is 1.99. The first kappa shape index (κ1) is 20.7. The summed E-state index contributed by atoms with van der Waals surface area (Å²) < 4.78 is 1.08. The van der Waals surface area contributed by atoms with Gasteiger partial charge in [0.2, 0.25) is 0 Å². The van der Waals surface area contributed by atoms with Crippen molar-refractivity contribution in [3.05, 3.63) is 91.9 Å². The van der Waals surface area contributed by atoms with Crippen LogP contribution in [0, 0.1) is 39.0 Å². The lowest BCUT2D eigenvalue weighted by molar-refractivity contribution is 0.0947. The van der Waals surface area contributed by atoms with E-state index in [4.69, 9.17) is 0 Å². The fraction of sp³-hybridized carbons (Fsp3) is 0.174. The number of hydrogen-bond acceptors (Lipinski definition) is 5. The van der Waals surface area contributed by atoms with E-state index in [9.17, 15) is 14.9 Å². The van der Waals surface area contributed by atoms with Crippen molar-refractivity contribution in [2.75, 3.05) is 0 Å². The third-order valence-electron chi connectivity index (χ3n) is 4.82. The average Bonchev–Trinajstić information content (AvgIpc) is 2.71. The molecule has 0 radical (unpaired) electrons. The first-order valence-corrected chi connectivity index (χ1v) is 9.33. The molecule has 0 spiro atoms. The van der Waals surface area contributed by atoms with Crippen molar-refractivity contribution in [2.45, 2.75) is 27.7 Å². The number of aromatic nitrogens is 2. The maximum atomic E-state index is 12.7. The molecule has 1 N–H and O–H groups in total. The zero-order valence-electron chi connectivity index (χ0n) is 17.2. The minimum absolute atomic E-state index is 0.0363. The summed E-state index contributed by atoms with van der Waals surface area (Å²) in [5, 5.41) is 17.7. The average molecular weight is 399 g/mol. The van der Waals surface area contributed by atoms with Gasteiger partial charge in [0.05, 0.1) is 11.9 Å². The molecule has 7 nitrogen and oxygen atoms in total. The van der Waals surface area contributed by atoms with Gasteiger partial charge in [-0.3, -0.25) is 9.59 Å². The molecular weight excluding hydrogens is 378 g/mol. The number of benzene rings is 2. The molecule has 0 saturated carbocycles.